The van der Waals surface area contributed by atoms with E-state index < -0.39 is 29.5 Å². The van der Waals surface area contributed by atoms with Gasteiger partial charge in [0.25, 0.3) is 5.56 Å². The molecule has 0 spiro atoms. The molecular formula is C18H15N4O5-. The van der Waals surface area contributed by atoms with E-state index in [1.807, 2.05) is 0 Å². The Morgan fingerprint density at radius 3 is 2.48 bits per heavy atom. The van der Waals surface area contributed by atoms with Crippen LogP contribution in [0.4, 0.5) is 0 Å². The lowest BCUT2D eigenvalue weighted by molar-refractivity contribution is -0.308. The van der Waals surface area contributed by atoms with Gasteiger partial charge in [0.05, 0.1) is 17.4 Å². The van der Waals surface area contributed by atoms with Crippen molar-refractivity contribution in [3.05, 3.63) is 64.4 Å². The maximum absolute atomic E-state index is 12.5. The molecule has 1 amide bonds. The van der Waals surface area contributed by atoms with E-state index in [0.29, 0.717) is 10.9 Å². The van der Waals surface area contributed by atoms with Crippen molar-refractivity contribution in [3.8, 4) is 5.75 Å². The lowest BCUT2D eigenvalue weighted by atomic mass is 10.1. The minimum absolute atomic E-state index is 0.0477. The maximum atomic E-state index is 12.5. The van der Waals surface area contributed by atoms with Gasteiger partial charge in [-0.3, -0.25) is 9.59 Å². The number of amides is 1. The Bertz CT molecular complexity index is 1060. The van der Waals surface area contributed by atoms with Gasteiger partial charge in [-0.15, -0.1) is 5.10 Å². The van der Waals surface area contributed by atoms with E-state index in [-0.39, 0.29) is 11.3 Å². The number of carbonyl (C=O) groups is 2. The molecule has 3 aromatic rings. The number of carbonyl (C=O) groups excluding carboxylic acids is 2. The van der Waals surface area contributed by atoms with Crippen LogP contribution in [0.25, 0.3) is 10.9 Å². The number of phenolic OH excluding ortho intramolecular Hbond substituents is 1. The van der Waals surface area contributed by atoms with E-state index >= 15 is 0 Å². The molecule has 3 rings (SSSR count). The summed E-state index contributed by atoms with van der Waals surface area (Å²) in [6.07, 6.45) is 0. The predicted molar refractivity (Wildman–Crippen MR) is 92.5 cm³/mol. The zero-order valence-corrected chi connectivity index (χ0v) is 14.2. The monoisotopic (exact) mass is 367 g/mol. The largest absolute Gasteiger partial charge is 0.548 e. The highest BCUT2D eigenvalue weighted by Crippen LogP contribution is 2.17. The Morgan fingerprint density at radius 1 is 1.15 bits per heavy atom. The highest BCUT2D eigenvalue weighted by Gasteiger charge is 2.23. The number of benzene rings is 2. The van der Waals surface area contributed by atoms with Gasteiger partial charge in [-0.2, -0.15) is 4.68 Å². The van der Waals surface area contributed by atoms with Crippen LogP contribution in [-0.2, 0) is 9.59 Å². The van der Waals surface area contributed by atoms with Gasteiger partial charge < -0.3 is 20.3 Å². The molecule has 1 heterocycles. The Morgan fingerprint density at radius 2 is 1.81 bits per heavy atom. The summed E-state index contributed by atoms with van der Waals surface area (Å²) in [6, 6.07) is 9.28. The molecule has 9 nitrogen and oxygen atoms in total. The van der Waals surface area contributed by atoms with Crippen LogP contribution in [-0.4, -0.2) is 32.0 Å². The summed E-state index contributed by atoms with van der Waals surface area (Å²) < 4.78 is 0.890. The summed E-state index contributed by atoms with van der Waals surface area (Å²) in [4.78, 5) is 36.5. The Kier molecular flexibility index (Phi) is 4.84. The van der Waals surface area contributed by atoms with Crippen molar-refractivity contribution in [2.24, 2.45) is 0 Å². The minimum atomic E-state index is -1.53. The van der Waals surface area contributed by atoms with Crippen LogP contribution < -0.4 is 16.0 Å². The van der Waals surface area contributed by atoms with Gasteiger partial charge in [-0.25, -0.2) is 0 Å². The number of aromatic hydroxyl groups is 1. The van der Waals surface area contributed by atoms with Crippen molar-refractivity contribution < 1.29 is 19.8 Å². The molecule has 1 aromatic heterocycles. The van der Waals surface area contributed by atoms with Gasteiger partial charge in [0.2, 0.25) is 5.91 Å². The Balaban J connectivity index is 1.88. The molecule has 0 aliphatic carbocycles. The Labute approximate surface area is 152 Å². The van der Waals surface area contributed by atoms with E-state index in [4.69, 9.17) is 0 Å². The predicted octanol–water partition coefficient (Wildman–Crippen LogP) is -0.335. The van der Waals surface area contributed by atoms with E-state index in [1.54, 1.807) is 24.3 Å². The van der Waals surface area contributed by atoms with Crippen LogP contribution in [0.5, 0.6) is 5.75 Å². The summed E-state index contributed by atoms with van der Waals surface area (Å²) in [7, 11) is 0. The third-order valence-electron chi connectivity index (χ3n) is 4.09. The molecule has 0 saturated carbocycles. The average molecular weight is 367 g/mol. The van der Waals surface area contributed by atoms with E-state index in [0.717, 1.165) is 4.68 Å². The SMILES string of the molecule is C[C@@H](C(=O)N[C@@H](C(=O)[O-])c1ccc(O)cc1)n1nnc2ccccc2c1=O. The summed E-state index contributed by atoms with van der Waals surface area (Å²) in [5.41, 5.74) is 0.0891. The summed E-state index contributed by atoms with van der Waals surface area (Å²) >= 11 is 0. The van der Waals surface area contributed by atoms with Crippen LogP contribution >= 0.6 is 0 Å². The quantitative estimate of drug-likeness (QED) is 0.629. The third-order valence-corrected chi connectivity index (χ3v) is 4.09. The van der Waals surface area contributed by atoms with Crippen molar-refractivity contribution in [2.45, 2.75) is 19.0 Å². The molecule has 0 aliphatic heterocycles. The standard InChI is InChI=1S/C18H16N4O5/c1-10(22-17(25)13-4-2-3-5-14(13)20-21-22)16(24)19-15(18(26)27)11-6-8-12(23)9-7-11/h2-10,15,23H,1H3,(H,19,24)(H,26,27)/p-1/t10-,15+/m0/s1. The molecule has 0 aliphatic rings. The molecule has 138 valence electrons. The second kappa shape index (κ2) is 7.24. The number of carboxylic acid groups (broad SMARTS) is 1. The second-order valence-corrected chi connectivity index (χ2v) is 5.88. The van der Waals surface area contributed by atoms with Crippen molar-refractivity contribution in [1.29, 1.82) is 0 Å². The van der Waals surface area contributed by atoms with Crippen LogP contribution in [0.1, 0.15) is 24.6 Å². The van der Waals surface area contributed by atoms with Crippen LogP contribution in [0, 0.1) is 0 Å². The summed E-state index contributed by atoms with van der Waals surface area (Å²) in [5, 5.41) is 31.0. The molecule has 2 aromatic carbocycles. The molecule has 0 unspecified atom stereocenters. The lowest BCUT2D eigenvalue weighted by Gasteiger charge is -2.22. The normalized spacial score (nSPS) is 13.1. The fourth-order valence-electron chi connectivity index (χ4n) is 2.57. The number of phenols is 1. The van der Waals surface area contributed by atoms with Gasteiger partial charge >= 0.3 is 0 Å². The molecular weight excluding hydrogens is 352 g/mol. The number of fused-ring (bicyclic) bond motifs is 1. The number of carboxylic acids is 1. The molecule has 9 heteroatoms. The molecule has 0 radical (unpaired) electrons. The van der Waals surface area contributed by atoms with E-state index in [2.05, 4.69) is 15.6 Å². The first-order valence-corrected chi connectivity index (χ1v) is 8.03. The van der Waals surface area contributed by atoms with Crippen molar-refractivity contribution in [1.82, 2.24) is 20.3 Å². The molecule has 2 atom stereocenters. The van der Waals surface area contributed by atoms with Crippen LogP contribution in [0.2, 0.25) is 0 Å². The zero-order valence-electron chi connectivity index (χ0n) is 14.2. The van der Waals surface area contributed by atoms with Crippen molar-refractivity contribution >= 4 is 22.8 Å². The van der Waals surface area contributed by atoms with Gasteiger partial charge in [-0.1, -0.05) is 29.5 Å². The number of aromatic nitrogens is 3. The van der Waals surface area contributed by atoms with Crippen LogP contribution in [0.3, 0.4) is 0 Å². The third kappa shape index (κ3) is 3.61. The second-order valence-electron chi connectivity index (χ2n) is 5.88. The number of hydrogen-bond donors (Lipinski definition) is 2. The van der Waals surface area contributed by atoms with Crippen molar-refractivity contribution in [2.75, 3.05) is 0 Å². The number of rotatable bonds is 5. The average Bonchev–Trinajstić information content (AvgIpc) is 2.66. The van der Waals surface area contributed by atoms with Gasteiger partial charge in [0, 0.05) is 0 Å². The van der Waals surface area contributed by atoms with Gasteiger partial charge in [0.1, 0.15) is 17.3 Å². The number of nitrogens with zero attached hydrogens (tertiary/aromatic N) is 3. The zero-order chi connectivity index (χ0) is 19.6. The molecule has 2 N–H and O–H groups in total. The number of nitrogens with one attached hydrogen (secondary N) is 1. The molecule has 0 saturated heterocycles. The number of aliphatic carboxylic acids is 1. The Hall–Kier alpha value is -3.75. The van der Waals surface area contributed by atoms with E-state index in [9.17, 15) is 24.6 Å². The molecule has 0 bridgehead atoms. The highest BCUT2D eigenvalue weighted by molar-refractivity contribution is 5.86. The van der Waals surface area contributed by atoms with E-state index in [1.165, 1.54) is 31.2 Å². The maximum Gasteiger partial charge on any atom is 0.278 e. The first-order valence-electron chi connectivity index (χ1n) is 8.03. The van der Waals surface area contributed by atoms with Crippen molar-refractivity contribution in [3.63, 3.8) is 0 Å². The number of hydrogen-bond acceptors (Lipinski definition) is 7. The molecule has 27 heavy (non-hydrogen) atoms. The lowest BCUT2D eigenvalue weighted by Crippen LogP contribution is -2.45. The first-order chi connectivity index (χ1) is 12.9. The van der Waals surface area contributed by atoms with Gasteiger partial charge in [0.15, 0.2) is 0 Å². The van der Waals surface area contributed by atoms with Crippen LogP contribution in [0.15, 0.2) is 53.3 Å². The summed E-state index contributed by atoms with van der Waals surface area (Å²) in [6.45, 7) is 1.41. The fraction of sp³-hybridized carbons (Fsp3) is 0.167. The smallest absolute Gasteiger partial charge is 0.278 e. The fourth-order valence-corrected chi connectivity index (χ4v) is 2.57. The molecule has 0 fully saturated rings. The first kappa shape index (κ1) is 18.1. The highest BCUT2D eigenvalue weighted by atomic mass is 16.4. The minimum Gasteiger partial charge on any atom is -0.548 e. The topological polar surface area (TPSA) is 137 Å². The summed E-state index contributed by atoms with van der Waals surface area (Å²) in [5.74, 6) is -2.32. The van der Waals surface area contributed by atoms with Gasteiger partial charge in [-0.05, 0) is 36.8 Å².